The normalized spacial score (nSPS) is 11.5. The molecule has 0 aliphatic carbocycles. The molecule has 14 heavy (non-hydrogen) atoms. The molecular formula is C9H13FN2O2. The minimum absolute atomic E-state index is 0.121. The van der Waals surface area contributed by atoms with Crippen LogP contribution in [-0.4, -0.2) is 22.9 Å². The summed E-state index contributed by atoms with van der Waals surface area (Å²) in [4.78, 5) is 11.1. The van der Waals surface area contributed by atoms with Crippen LogP contribution in [-0.2, 0) is 17.5 Å². The Kier molecular flexibility index (Phi) is 2.59. The Bertz CT molecular complexity index is 352. The summed E-state index contributed by atoms with van der Waals surface area (Å²) in [6.45, 7) is 2.82. The Balaban J connectivity index is 3.12. The number of nitrogens with zero attached hydrogens (tertiary/aromatic N) is 2. The van der Waals surface area contributed by atoms with Gasteiger partial charge in [0.15, 0.2) is 5.69 Å². The van der Waals surface area contributed by atoms with Gasteiger partial charge in [-0.1, -0.05) is 0 Å². The van der Waals surface area contributed by atoms with Crippen LogP contribution in [0.5, 0.6) is 0 Å². The zero-order valence-electron chi connectivity index (χ0n) is 8.67. The van der Waals surface area contributed by atoms with E-state index in [0.29, 0.717) is 5.69 Å². The van der Waals surface area contributed by atoms with Gasteiger partial charge in [-0.25, -0.2) is 9.18 Å². The number of esters is 1. The number of aromatic nitrogens is 2. The van der Waals surface area contributed by atoms with E-state index in [-0.39, 0.29) is 5.69 Å². The summed E-state index contributed by atoms with van der Waals surface area (Å²) in [6.07, 6.45) is 0. The van der Waals surface area contributed by atoms with Crippen molar-refractivity contribution in [2.45, 2.75) is 19.5 Å². The van der Waals surface area contributed by atoms with Gasteiger partial charge in [0, 0.05) is 7.05 Å². The van der Waals surface area contributed by atoms with Crippen molar-refractivity contribution in [3.63, 3.8) is 0 Å². The molecule has 0 bridgehead atoms. The fraction of sp³-hybridized carbons (Fsp3) is 0.556. The van der Waals surface area contributed by atoms with E-state index in [0.717, 1.165) is 0 Å². The molecule has 1 aromatic rings. The summed E-state index contributed by atoms with van der Waals surface area (Å²) < 4.78 is 19.4. The van der Waals surface area contributed by atoms with Crippen LogP contribution in [0.1, 0.15) is 30.0 Å². The van der Waals surface area contributed by atoms with Crippen molar-refractivity contribution in [3.05, 3.63) is 17.5 Å². The number of carbonyl (C=O) groups excluding carboxylic acids is 1. The van der Waals surface area contributed by atoms with Crippen molar-refractivity contribution >= 4 is 5.97 Å². The fourth-order valence-electron chi connectivity index (χ4n) is 1.23. The van der Waals surface area contributed by atoms with E-state index < -0.39 is 11.6 Å². The van der Waals surface area contributed by atoms with Crippen molar-refractivity contribution in [1.29, 1.82) is 0 Å². The molecule has 0 aromatic carbocycles. The molecule has 0 amide bonds. The molecule has 0 fully saturated rings. The van der Waals surface area contributed by atoms with Crippen LogP contribution in [0.15, 0.2) is 6.07 Å². The number of hydrogen-bond donors (Lipinski definition) is 0. The lowest BCUT2D eigenvalue weighted by Crippen LogP contribution is -2.14. The largest absolute Gasteiger partial charge is 0.464 e. The average Bonchev–Trinajstić information content (AvgIpc) is 2.45. The van der Waals surface area contributed by atoms with Crippen LogP contribution in [0.4, 0.5) is 4.39 Å². The maximum Gasteiger partial charge on any atom is 0.358 e. The predicted octanol–water partition coefficient (Wildman–Crippen LogP) is 1.41. The Morgan fingerprint density at radius 3 is 2.57 bits per heavy atom. The van der Waals surface area contributed by atoms with Gasteiger partial charge in [-0.15, -0.1) is 0 Å². The lowest BCUT2D eigenvalue weighted by atomic mass is 10.1. The molecule has 0 radical (unpaired) electrons. The quantitative estimate of drug-likeness (QED) is 0.678. The number of ether oxygens (including phenoxy) is 1. The maximum atomic E-state index is 13.5. The van der Waals surface area contributed by atoms with E-state index in [2.05, 4.69) is 9.84 Å². The van der Waals surface area contributed by atoms with Crippen LogP contribution in [0.25, 0.3) is 0 Å². The fourth-order valence-corrected chi connectivity index (χ4v) is 1.23. The maximum absolute atomic E-state index is 13.5. The van der Waals surface area contributed by atoms with E-state index >= 15 is 0 Å². The molecule has 78 valence electrons. The molecule has 0 aliphatic heterocycles. The zero-order chi connectivity index (χ0) is 10.9. The van der Waals surface area contributed by atoms with E-state index in [4.69, 9.17) is 0 Å². The highest BCUT2D eigenvalue weighted by atomic mass is 19.1. The van der Waals surface area contributed by atoms with E-state index in [9.17, 15) is 9.18 Å². The Hall–Kier alpha value is -1.39. The van der Waals surface area contributed by atoms with Gasteiger partial charge in [-0.05, 0) is 19.9 Å². The standard InChI is InChI=1S/C9H13FN2O2/c1-9(2,10)7-5-6(8(13)14-4)11-12(7)3/h5H,1-4H3. The highest BCUT2D eigenvalue weighted by Crippen LogP contribution is 2.24. The zero-order valence-corrected chi connectivity index (χ0v) is 8.67. The molecular weight excluding hydrogens is 187 g/mol. The first-order valence-electron chi connectivity index (χ1n) is 4.18. The lowest BCUT2D eigenvalue weighted by Gasteiger charge is -2.13. The van der Waals surface area contributed by atoms with E-state index in [1.54, 1.807) is 7.05 Å². The molecule has 0 saturated heterocycles. The summed E-state index contributed by atoms with van der Waals surface area (Å²) in [7, 11) is 2.85. The summed E-state index contributed by atoms with van der Waals surface area (Å²) in [5.41, 5.74) is -1.05. The first kappa shape index (κ1) is 10.7. The summed E-state index contributed by atoms with van der Waals surface area (Å²) in [5.74, 6) is -0.559. The number of halogens is 1. The van der Waals surface area contributed by atoms with Crippen LogP contribution in [0.2, 0.25) is 0 Å². The van der Waals surface area contributed by atoms with Gasteiger partial charge in [0.1, 0.15) is 5.67 Å². The highest BCUT2D eigenvalue weighted by Gasteiger charge is 2.25. The molecule has 0 spiro atoms. The number of hydrogen-bond acceptors (Lipinski definition) is 3. The average molecular weight is 200 g/mol. The smallest absolute Gasteiger partial charge is 0.358 e. The van der Waals surface area contributed by atoms with Gasteiger partial charge in [0.25, 0.3) is 0 Å². The second kappa shape index (κ2) is 3.40. The van der Waals surface area contributed by atoms with Gasteiger partial charge in [-0.2, -0.15) is 5.10 Å². The number of methoxy groups -OCH3 is 1. The van der Waals surface area contributed by atoms with Crippen molar-refractivity contribution in [2.75, 3.05) is 7.11 Å². The Labute approximate surface area is 81.7 Å². The van der Waals surface area contributed by atoms with Crippen molar-refractivity contribution in [2.24, 2.45) is 7.05 Å². The van der Waals surface area contributed by atoms with Gasteiger partial charge in [0.05, 0.1) is 12.8 Å². The molecule has 0 unspecified atom stereocenters. The SMILES string of the molecule is COC(=O)c1cc(C(C)(C)F)n(C)n1. The molecule has 1 rings (SSSR count). The first-order valence-corrected chi connectivity index (χ1v) is 4.18. The molecule has 5 heteroatoms. The predicted molar refractivity (Wildman–Crippen MR) is 48.7 cm³/mol. The minimum Gasteiger partial charge on any atom is -0.464 e. The van der Waals surface area contributed by atoms with E-state index in [1.807, 2.05) is 0 Å². The summed E-state index contributed by atoms with van der Waals surface area (Å²) in [5, 5.41) is 3.85. The van der Waals surface area contributed by atoms with Gasteiger partial charge in [0.2, 0.25) is 0 Å². The van der Waals surface area contributed by atoms with Crippen LogP contribution < -0.4 is 0 Å². The second-order valence-corrected chi connectivity index (χ2v) is 3.50. The van der Waals surface area contributed by atoms with Crippen LogP contribution >= 0.6 is 0 Å². The van der Waals surface area contributed by atoms with Crippen molar-refractivity contribution in [3.8, 4) is 0 Å². The highest BCUT2D eigenvalue weighted by molar-refractivity contribution is 5.87. The minimum atomic E-state index is -1.52. The number of rotatable bonds is 2. The molecule has 1 aromatic heterocycles. The van der Waals surface area contributed by atoms with Gasteiger partial charge in [-0.3, -0.25) is 4.68 Å². The van der Waals surface area contributed by atoms with Crippen LogP contribution in [0, 0.1) is 0 Å². The topological polar surface area (TPSA) is 44.1 Å². The third kappa shape index (κ3) is 1.92. The summed E-state index contributed by atoms with van der Waals surface area (Å²) in [6, 6.07) is 1.39. The first-order chi connectivity index (χ1) is 6.36. The van der Waals surface area contributed by atoms with Gasteiger partial charge >= 0.3 is 5.97 Å². The van der Waals surface area contributed by atoms with E-state index in [1.165, 1.54) is 31.7 Å². The Morgan fingerprint density at radius 2 is 2.21 bits per heavy atom. The molecule has 1 heterocycles. The monoisotopic (exact) mass is 200 g/mol. The number of aryl methyl sites for hydroxylation is 1. The Morgan fingerprint density at radius 1 is 1.64 bits per heavy atom. The van der Waals surface area contributed by atoms with Crippen LogP contribution in [0.3, 0.4) is 0 Å². The molecule has 0 saturated carbocycles. The molecule has 0 N–H and O–H groups in total. The molecule has 0 aliphatic rings. The molecule has 0 atom stereocenters. The third-order valence-corrected chi connectivity index (χ3v) is 1.88. The summed E-state index contributed by atoms with van der Waals surface area (Å²) >= 11 is 0. The number of carbonyl (C=O) groups is 1. The van der Waals surface area contributed by atoms with Crippen molar-refractivity contribution < 1.29 is 13.9 Å². The number of alkyl halides is 1. The lowest BCUT2D eigenvalue weighted by molar-refractivity contribution is 0.0593. The second-order valence-electron chi connectivity index (χ2n) is 3.50. The van der Waals surface area contributed by atoms with Crippen molar-refractivity contribution in [1.82, 2.24) is 9.78 Å². The third-order valence-electron chi connectivity index (χ3n) is 1.88. The van der Waals surface area contributed by atoms with Gasteiger partial charge < -0.3 is 4.74 Å². The molecule has 4 nitrogen and oxygen atoms in total.